The molecule has 0 bridgehead atoms. The Morgan fingerprint density at radius 2 is 0.918 bits per heavy atom. The van der Waals surface area contributed by atoms with E-state index in [1.165, 1.54) is 6.92 Å². The molecule has 0 aromatic rings. The Labute approximate surface area is 346 Å². The average molecular weight is 895 g/mol. The molecule has 354 valence electrons. The standard InChI is InChI=1S/C34H58N2O25/c1-9(41)35-11-7-53-14(5-39)28(18(11)43)59-33-27(52)24(49)21(46)16(58-33)8-54-34-30(25(50)20(45)13(4-38)56-34)61-31-17(36-10(2)42)22(47)29(15(6-40)57-31)60-32-26(51)23(48)19(44)12(3-37)55-32/h11-34,37-40,43-52H,3-8H2,1-2H3,(H,35,41)(H,36,42)/t11-,12+,13+,14+,15+,16+,17+,18+,19-,20+,21+,22+,23-,24-,25-,26+,27-,28+,29+,30-,31-,32-,33-,34-/m0/s1. The maximum atomic E-state index is 12.4. The van der Waals surface area contributed by atoms with Crippen LogP contribution in [0.15, 0.2) is 0 Å². The molecule has 5 fully saturated rings. The fourth-order valence-corrected chi connectivity index (χ4v) is 7.66. The Bertz CT molecular complexity index is 1410. The molecule has 2 amide bonds. The summed E-state index contributed by atoms with van der Waals surface area (Å²) in [6, 6.07) is -2.68. The van der Waals surface area contributed by atoms with Gasteiger partial charge in [0, 0.05) is 13.8 Å². The van der Waals surface area contributed by atoms with E-state index < -0.39 is 192 Å². The lowest BCUT2D eigenvalue weighted by atomic mass is 9.94. The molecule has 27 heteroatoms. The highest BCUT2D eigenvalue weighted by Crippen LogP contribution is 2.34. The van der Waals surface area contributed by atoms with Crippen molar-refractivity contribution in [2.24, 2.45) is 0 Å². The highest BCUT2D eigenvalue weighted by atomic mass is 16.8. The molecule has 5 saturated heterocycles. The van der Waals surface area contributed by atoms with Crippen LogP contribution >= 0.6 is 0 Å². The van der Waals surface area contributed by atoms with Crippen LogP contribution in [0.25, 0.3) is 0 Å². The van der Waals surface area contributed by atoms with Gasteiger partial charge < -0.3 is 125 Å². The molecule has 24 atom stereocenters. The van der Waals surface area contributed by atoms with Crippen molar-refractivity contribution in [1.82, 2.24) is 10.6 Å². The Hall–Kier alpha value is -1.98. The van der Waals surface area contributed by atoms with Crippen LogP contribution < -0.4 is 10.6 Å². The number of carbonyl (C=O) groups is 2. The first-order chi connectivity index (χ1) is 28.9. The zero-order valence-electron chi connectivity index (χ0n) is 32.9. The summed E-state index contributed by atoms with van der Waals surface area (Å²) in [5.74, 6) is -1.31. The first-order valence-corrected chi connectivity index (χ1v) is 19.5. The van der Waals surface area contributed by atoms with E-state index in [9.17, 15) is 81.1 Å². The second kappa shape index (κ2) is 21.8. The van der Waals surface area contributed by atoms with E-state index in [2.05, 4.69) is 10.6 Å². The van der Waals surface area contributed by atoms with Gasteiger partial charge in [-0.2, -0.15) is 0 Å². The lowest BCUT2D eigenvalue weighted by Gasteiger charge is -2.49. The summed E-state index contributed by atoms with van der Waals surface area (Å²) in [7, 11) is 0. The molecule has 61 heavy (non-hydrogen) atoms. The number of aliphatic hydroxyl groups excluding tert-OH is 14. The summed E-state index contributed by atoms with van der Waals surface area (Å²) in [6.45, 7) is -2.13. The van der Waals surface area contributed by atoms with Crippen LogP contribution in [-0.2, 0) is 52.2 Å². The van der Waals surface area contributed by atoms with Crippen LogP contribution in [0.2, 0.25) is 0 Å². The van der Waals surface area contributed by atoms with Crippen molar-refractivity contribution < 1.29 is 124 Å². The number of carbonyl (C=O) groups excluding carboxylic acids is 2. The summed E-state index contributed by atoms with van der Waals surface area (Å²) < 4.78 is 51.2. The van der Waals surface area contributed by atoms with Gasteiger partial charge in [0.05, 0.1) is 45.7 Å². The highest BCUT2D eigenvalue weighted by molar-refractivity contribution is 5.73. The van der Waals surface area contributed by atoms with Gasteiger partial charge in [0.2, 0.25) is 11.8 Å². The van der Waals surface area contributed by atoms with Crippen LogP contribution in [0.3, 0.4) is 0 Å². The Morgan fingerprint density at radius 1 is 0.475 bits per heavy atom. The molecule has 0 aliphatic carbocycles. The minimum Gasteiger partial charge on any atom is -0.394 e. The molecule has 0 radical (unpaired) electrons. The van der Waals surface area contributed by atoms with Crippen molar-refractivity contribution in [2.75, 3.05) is 39.6 Å². The van der Waals surface area contributed by atoms with Crippen molar-refractivity contribution in [3.63, 3.8) is 0 Å². The summed E-state index contributed by atoms with van der Waals surface area (Å²) in [5, 5.41) is 152. The van der Waals surface area contributed by atoms with Crippen molar-refractivity contribution in [1.29, 1.82) is 0 Å². The smallest absolute Gasteiger partial charge is 0.217 e. The topological polar surface area (TPSA) is 424 Å². The van der Waals surface area contributed by atoms with Gasteiger partial charge in [-0.3, -0.25) is 9.59 Å². The number of ether oxygens (including phenoxy) is 9. The first-order valence-electron chi connectivity index (χ1n) is 19.5. The zero-order valence-corrected chi connectivity index (χ0v) is 32.9. The predicted molar refractivity (Wildman–Crippen MR) is 189 cm³/mol. The molecule has 16 N–H and O–H groups in total. The Kier molecular flexibility index (Phi) is 17.9. The highest BCUT2D eigenvalue weighted by Gasteiger charge is 2.55. The zero-order chi connectivity index (χ0) is 45.0. The molecule has 0 aromatic carbocycles. The van der Waals surface area contributed by atoms with Gasteiger partial charge in [-0.25, -0.2) is 0 Å². The fraction of sp³-hybridized carbons (Fsp3) is 0.941. The molecule has 0 aromatic heterocycles. The van der Waals surface area contributed by atoms with E-state index in [0.29, 0.717) is 0 Å². The van der Waals surface area contributed by atoms with Crippen molar-refractivity contribution in [2.45, 2.75) is 161 Å². The molecule has 5 heterocycles. The van der Waals surface area contributed by atoms with Crippen LogP contribution in [0.5, 0.6) is 0 Å². The molecular weight excluding hydrogens is 836 g/mol. The van der Waals surface area contributed by atoms with Gasteiger partial charge in [0.15, 0.2) is 25.2 Å². The molecule has 5 rings (SSSR count). The van der Waals surface area contributed by atoms with Gasteiger partial charge in [0.25, 0.3) is 0 Å². The molecule has 0 unspecified atom stereocenters. The van der Waals surface area contributed by atoms with Gasteiger partial charge in [-0.15, -0.1) is 0 Å². The molecule has 5 aliphatic rings. The normalized spacial score (nSPS) is 48.3. The summed E-state index contributed by atoms with van der Waals surface area (Å²) >= 11 is 0. The van der Waals surface area contributed by atoms with E-state index in [1.54, 1.807) is 0 Å². The van der Waals surface area contributed by atoms with Crippen molar-refractivity contribution >= 4 is 11.8 Å². The van der Waals surface area contributed by atoms with Gasteiger partial charge in [-0.05, 0) is 0 Å². The van der Waals surface area contributed by atoms with Gasteiger partial charge in [-0.1, -0.05) is 0 Å². The molecule has 5 aliphatic heterocycles. The van der Waals surface area contributed by atoms with Gasteiger partial charge in [0.1, 0.15) is 116 Å². The SMILES string of the molecule is CC(=O)N[C@H]1[C@H](O[C@@H]2[C@@H](OC[C@H]3O[C@@H](O[C@H]4[C@H](O)[C@@H](NC(C)=O)CO[C@@H]4CO)[C@@H](O)[C@@H](O)[C@@H]3O)O[C@H](CO)[C@@H](O)[C@@H]2O)O[C@H](CO)[C@@H](O[C@@H]2O[C@H](CO)[C@H](O)[C@H](O)[C@H]2O)[C@@H]1O. The first kappa shape index (κ1) is 50.0. The second-order valence-electron chi connectivity index (χ2n) is 15.3. The average Bonchev–Trinajstić information content (AvgIpc) is 3.22. The number of rotatable bonds is 15. The fourth-order valence-electron chi connectivity index (χ4n) is 7.66. The lowest BCUT2D eigenvalue weighted by Crippen LogP contribution is -2.69. The number of amides is 2. The number of hydrogen-bond donors (Lipinski definition) is 16. The van der Waals surface area contributed by atoms with Crippen LogP contribution in [-0.4, -0.2) is 270 Å². The van der Waals surface area contributed by atoms with E-state index >= 15 is 0 Å². The summed E-state index contributed by atoms with van der Waals surface area (Å²) in [5.41, 5.74) is 0. The minimum atomic E-state index is -2.01. The van der Waals surface area contributed by atoms with E-state index in [0.717, 1.165) is 6.92 Å². The molecule has 27 nitrogen and oxygen atoms in total. The van der Waals surface area contributed by atoms with Crippen molar-refractivity contribution in [3.8, 4) is 0 Å². The van der Waals surface area contributed by atoms with Crippen LogP contribution in [0, 0.1) is 0 Å². The van der Waals surface area contributed by atoms with Crippen LogP contribution in [0.1, 0.15) is 13.8 Å². The molecule has 0 spiro atoms. The quantitative estimate of drug-likeness (QED) is 0.0726. The Morgan fingerprint density at radius 3 is 1.44 bits per heavy atom. The molecular formula is C34H58N2O25. The molecule has 0 saturated carbocycles. The van der Waals surface area contributed by atoms with E-state index in [-0.39, 0.29) is 6.61 Å². The Balaban J connectivity index is 1.34. The predicted octanol–water partition coefficient (Wildman–Crippen LogP) is -11.0. The third-order valence-corrected chi connectivity index (χ3v) is 11.0. The third kappa shape index (κ3) is 11.1. The maximum absolute atomic E-state index is 12.4. The van der Waals surface area contributed by atoms with E-state index in [4.69, 9.17) is 42.6 Å². The maximum Gasteiger partial charge on any atom is 0.217 e. The number of aliphatic hydroxyl groups is 14. The van der Waals surface area contributed by atoms with Gasteiger partial charge >= 0.3 is 0 Å². The summed E-state index contributed by atoms with van der Waals surface area (Å²) in [6.07, 6.45) is -38.6. The minimum absolute atomic E-state index is 0.217. The van der Waals surface area contributed by atoms with Crippen LogP contribution in [0.4, 0.5) is 0 Å². The third-order valence-electron chi connectivity index (χ3n) is 11.0. The number of nitrogens with one attached hydrogen (secondary N) is 2. The van der Waals surface area contributed by atoms with E-state index in [1.807, 2.05) is 0 Å². The largest absolute Gasteiger partial charge is 0.394 e. The monoisotopic (exact) mass is 894 g/mol. The lowest BCUT2D eigenvalue weighted by molar-refractivity contribution is -0.377. The summed E-state index contributed by atoms with van der Waals surface area (Å²) in [4.78, 5) is 24.0. The number of hydrogen-bond acceptors (Lipinski definition) is 25. The van der Waals surface area contributed by atoms with Crippen molar-refractivity contribution in [3.05, 3.63) is 0 Å². The second-order valence-corrected chi connectivity index (χ2v) is 15.3.